The lowest BCUT2D eigenvalue weighted by atomic mass is 10.0. The van der Waals surface area contributed by atoms with Crippen LogP contribution in [-0.4, -0.2) is 11.7 Å². The van der Waals surface area contributed by atoms with Crippen LogP contribution < -0.4 is 4.74 Å². The topological polar surface area (TPSA) is 29.5 Å². The molecule has 0 amide bonds. The number of hydrogen-bond donors (Lipinski definition) is 1. The first kappa shape index (κ1) is 14.6. The standard InChI is InChI=1S/C18H22O2/c1-13-5-4-6-17(12-13)20-8-7-18(19)16-10-14(2)9-15(3)11-16/h4-6,9-12,18-19H,7-8H2,1-3H3. The van der Waals surface area contributed by atoms with Crippen LogP contribution in [0, 0.1) is 20.8 Å². The van der Waals surface area contributed by atoms with E-state index in [9.17, 15) is 5.11 Å². The molecule has 2 aromatic rings. The summed E-state index contributed by atoms with van der Waals surface area (Å²) in [7, 11) is 0. The summed E-state index contributed by atoms with van der Waals surface area (Å²) in [4.78, 5) is 0. The minimum absolute atomic E-state index is 0.474. The van der Waals surface area contributed by atoms with Crippen LogP contribution in [0.3, 0.4) is 0 Å². The Labute approximate surface area is 121 Å². The van der Waals surface area contributed by atoms with Crippen LogP contribution in [0.25, 0.3) is 0 Å². The maximum absolute atomic E-state index is 10.2. The Morgan fingerprint density at radius 3 is 2.30 bits per heavy atom. The van der Waals surface area contributed by atoms with E-state index in [2.05, 4.69) is 6.07 Å². The van der Waals surface area contributed by atoms with Gasteiger partial charge in [0.1, 0.15) is 5.75 Å². The minimum atomic E-state index is -0.474. The van der Waals surface area contributed by atoms with Gasteiger partial charge in [-0.3, -0.25) is 0 Å². The number of aliphatic hydroxyl groups excluding tert-OH is 1. The number of hydrogen-bond acceptors (Lipinski definition) is 2. The Bertz CT molecular complexity index is 555. The van der Waals surface area contributed by atoms with Crippen molar-refractivity contribution in [1.29, 1.82) is 0 Å². The molecule has 0 bridgehead atoms. The molecule has 0 heterocycles. The highest BCUT2D eigenvalue weighted by molar-refractivity contribution is 5.30. The van der Waals surface area contributed by atoms with Crippen molar-refractivity contribution in [2.45, 2.75) is 33.3 Å². The monoisotopic (exact) mass is 270 g/mol. The molecule has 20 heavy (non-hydrogen) atoms. The van der Waals surface area contributed by atoms with Crippen molar-refractivity contribution >= 4 is 0 Å². The molecule has 0 radical (unpaired) electrons. The Kier molecular flexibility index (Phi) is 4.80. The van der Waals surface area contributed by atoms with Crippen LogP contribution in [0.1, 0.15) is 34.8 Å². The lowest BCUT2D eigenvalue weighted by Crippen LogP contribution is -2.06. The first-order valence-corrected chi connectivity index (χ1v) is 7.00. The summed E-state index contributed by atoms with van der Waals surface area (Å²) in [5.74, 6) is 0.859. The van der Waals surface area contributed by atoms with E-state index in [0.717, 1.165) is 11.3 Å². The van der Waals surface area contributed by atoms with Crippen LogP contribution in [0.5, 0.6) is 5.75 Å². The molecule has 1 atom stereocenters. The zero-order chi connectivity index (χ0) is 14.5. The van der Waals surface area contributed by atoms with E-state index in [1.165, 1.54) is 16.7 Å². The van der Waals surface area contributed by atoms with E-state index < -0.39 is 6.10 Å². The van der Waals surface area contributed by atoms with Crippen molar-refractivity contribution in [3.05, 3.63) is 64.7 Å². The molecule has 2 rings (SSSR count). The predicted molar refractivity (Wildman–Crippen MR) is 82.2 cm³/mol. The Morgan fingerprint density at radius 2 is 1.65 bits per heavy atom. The molecule has 0 spiro atoms. The first-order chi connectivity index (χ1) is 9.54. The number of ether oxygens (including phenoxy) is 1. The lowest BCUT2D eigenvalue weighted by Gasteiger charge is -2.13. The zero-order valence-electron chi connectivity index (χ0n) is 12.4. The van der Waals surface area contributed by atoms with Crippen molar-refractivity contribution in [2.24, 2.45) is 0 Å². The molecule has 0 saturated heterocycles. The van der Waals surface area contributed by atoms with E-state index in [1.807, 2.05) is 57.2 Å². The molecule has 0 saturated carbocycles. The Balaban J connectivity index is 1.90. The molecule has 0 aliphatic carbocycles. The zero-order valence-corrected chi connectivity index (χ0v) is 12.4. The fraction of sp³-hybridized carbons (Fsp3) is 0.333. The van der Waals surface area contributed by atoms with E-state index >= 15 is 0 Å². The minimum Gasteiger partial charge on any atom is -0.493 e. The molecule has 2 nitrogen and oxygen atoms in total. The van der Waals surface area contributed by atoms with Crippen molar-refractivity contribution in [2.75, 3.05) is 6.61 Å². The second-order valence-corrected chi connectivity index (χ2v) is 5.39. The van der Waals surface area contributed by atoms with Gasteiger partial charge < -0.3 is 9.84 Å². The van der Waals surface area contributed by atoms with Gasteiger partial charge in [0.05, 0.1) is 12.7 Å². The maximum atomic E-state index is 10.2. The fourth-order valence-corrected chi connectivity index (χ4v) is 2.36. The molecular formula is C18H22O2. The van der Waals surface area contributed by atoms with Crippen LogP contribution in [0.4, 0.5) is 0 Å². The van der Waals surface area contributed by atoms with Crippen molar-refractivity contribution in [1.82, 2.24) is 0 Å². The van der Waals surface area contributed by atoms with Gasteiger partial charge in [-0.25, -0.2) is 0 Å². The van der Waals surface area contributed by atoms with Crippen LogP contribution in [-0.2, 0) is 0 Å². The first-order valence-electron chi connectivity index (χ1n) is 7.00. The normalized spacial score (nSPS) is 12.2. The average molecular weight is 270 g/mol. The van der Waals surface area contributed by atoms with Crippen LogP contribution >= 0.6 is 0 Å². The van der Waals surface area contributed by atoms with Gasteiger partial charge in [-0.2, -0.15) is 0 Å². The molecule has 2 aromatic carbocycles. The van der Waals surface area contributed by atoms with Gasteiger partial charge in [0, 0.05) is 6.42 Å². The summed E-state index contributed by atoms with van der Waals surface area (Å²) < 4.78 is 5.68. The largest absolute Gasteiger partial charge is 0.493 e. The quantitative estimate of drug-likeness (QED) is 0.885. The van der Waals surface area contributed by atoms with E-state index in [4.69, 9.17) is 4.74 Å². The van der Waals surface area contributed by atoms with Gasteiger partial charge in [0.2, 0.25) is 0 Å². The summed E-state index contributed by atoms with van der Waals surface area (Å²) >= 11 is 0. The SMILES string of the molecule is Cc1cccc(OCCC(O)c2cc(C)cc(C)c2)c1. The summed E-state index contributed by atoms with van der Waals surface area (Å²) in [6.45, 7) is 6.65. The molecule has 0 aliphatic rings. The molecule has 1 unspecified atom stereocenters. The van der Waals surface area contributed by atoms with Gasteiger partial charge in [0.25, 0.3) is 0 Å². The average Bonchev–Trinajstić information content (AvgIpc) is 2.37. The third kappa shape index (κ3) is 4.10. The van der Waals surface area contributed by atoms with Gasteiger partial charge in [-0.05, 0) is 44.0 Å². The molecule has 0 fully saturated rings. The summed E-state index contributed by atoms with van der Waals surface area (Å²) in [5.41, 5.74) is 4.50. The highest BCUT2D eigenvalue weighted by atomic mass is 16.5. The smallest absolute Gasteiger partial charge is 0.119 e. The Morgan fingerprint density at radius 1 is 0.950 bits per heavy atom. The third-order valence-electron chi connectivity index (χ3n) is 3.28. The van der Waals surface area contributed by atoms with Crippen molar-refractivity contribution in [3.8, 4) is 5.75 Å². The number of rotatable bonds is 5. The second-order valence-electron chi connectivity index (χ2n) is 5.39. The van der Waals surface area contributed by atoms with Crippen molar-refractivity contribution < 1.29 is 9.84 Å². The van der Waals surface area contributed by atoms with Crippen LogP contribution in [0.2, 0.25) is 0 Å². The number of aryl methyl sites for hydroxylation is 3. The van der Waals surface area contributed by atoms with Crippen LogP contribution in [0.15, 0.2) is 42.5 Å². The van der Waals surface area contributed by atoms with E-state index in [0.29, 0.717) is 13.0 Å². The highest BCUT2D eigenvalue weighted by Gasteiger charge is 2.08. The van der Waals surface area contributed by atoms with Gasteiger partial charge in [0.15, 0.2) is 0 Å². The van der Waals surface area contributed by atoms with E-state index in [-0.39, 0.29) is 0 Å². The molecule has 1 N–H and O–H groups in total. The summed E-state index contributed by atoms with van der Waals surface area (Å²) in [5, 5.41) is 10.2. The molecular weight excluding hydrogens is 248 g/mol. The molecule has 0 aromatic heterocycles. The molecule has 0 aliphatic heterocycles. The Hall–Kier alpha value is -1.80. The summed E-state index contributed by atoms with van der Waals surface area (Å²) in [6.07, 6.45) is 0.120. The fourth-order valence-electron chi connectivity index (χ4n) is 2.36. The number of benzene rings is 2. The molecule has 2 heteroatoms. The molecule has 106 valence electrons. The maximum Gasteiger partial charge on any atom is 0.119 e. The second kappa shape index (κ2) is 6.58. The van der Waals surface area contributed by atoms with Gasteiger partial charge in [-0.15, -0.1) is 0 Å². The number of aliphatic hydroxyl groups is 1. The third-order valence-corrected chi connectivity index (χ3v) is 3.28. The van der Waals surface area contributed by atoms with E-state index in [1.54, 1.807) is 0 Å². The van der Waals surface area contributed by atoms with Crippen molar-refractivity contribution in [3.63, 3.8) is 0 Å². The highest BCUT2D eigenvalue weighted by Crippen LogP contribution is 2.20. The predicted octanol–water partition coefficient (Wildman–Crippen LogP) is 4.11. The van der Waals surface area contributed by atoms with Gasteiger partial charge >= 0.3 is 0 Å². The lowest BCUT2D eigenvalue weighted by molar-refractivity contribution is 0.140. The van der Waals surface area contributed by atoms with Gasteiger partial charge in [-0.1, -0.05) is 41.5 Å². The summed E-state index contributed by atoms with van der Waals surface area (Å²) in [6, 6.07) is 14.1.